The van der Waals surface area contributed by atoms with Crippen molar-refractivity contribution in [2.75, 3.05) is 19.3 Å². The van der Waals surface area contributed by atoms with E-state index in [1.807, 2.05) is 6.07 Å². The highest BCUT2D eigenvalue weighted by atomic mass is 79.9. The van der Waals surface area contributed by atoms with Crippen molar-refractivity contribution in [3.05, 3.63) is 28.2 Å². The van der Waals surface area contributed by atoms with Gasteiger partial charge in [-0.1, -0.05) is 15.9 Å². The number of nitrogen functional groups attached to an aromatic ring is 1. The lowest BCUT2D eigenvalue weighted by atomic mass is 9.98. The summed E-state index contributed by atoms with van der Waals surface area (Å²) < 4.78 is 0.884. The number of likely N-dealkylation sites (tertiary alicyclic amines) is 1. The summed E-state index contributed by atoms with van der Waals surface area (Å²) in [6, 6.07) is 6.09. The van der Waals surface area contributed by atoms with Crippen molar-refractivity contribution in [2.45, 2.75) is 31.8 Å². The van der Waals surface area contributed by atoms with E-state index in [2.05, 4.69) is 40.1 Å². The van der Waals surface area contributed by atoms with E-state index >= 15 is 0 Å². The van der Waals surface area contributed by atoms with Crippen LogP contribution in [-0.4, -0.2) is 36.5 Å². The van der Waals surface area contributed by atoms with Crippen molar-refractivity contribution in [3.63, 3.8) is 0 Å². The number of hydrogen-bond acceptors (Lipinski definition) is 3. The molecule has 2 atom stereocenters. The van der Waals surface area contributed by atoms with Crippen LogP contribution in [0.4, 0.5) is 5.69 Å². The van der Waals surface area contributed by atoms with Crippen molar-refractivity contribution < 1.29 is 4.79 Å². The fraction of sp³-hybridized carbons (Fsp3) is 0.500. The van der Waals surface area contributed by atoms with Crippen LogP contribution in [0.25, 0.3) is 0 Å². The molecule has 0 radical (unpaired) electrons. The summed E-state index contributed by atoms with van der Waals surface area (Å²) in [4.78, 5) is 14.5. The Balaban J connectivity index is 2.01. The molecule has 0 aliphatic carbocycles. The largest absolute Gasteiger partial charge is 0.398 e. The third-order valence-electron chi connectivity index (χ3n) is 3.80. The summed E-state index contributed by atoms with van der Waals surface area (Å²) in [5.74, 6) is -0.0771. The predicted octanol–water partition coefficient (Wildman–Crippen LogP) is 2.24. The molecule has 4 nitrogen and oxygen atoms in total. The number of rotatable bonds is 2. The second-order valence-corrected chi connectivity index (χ2v) is 6.17. The number of halogens is 1. The minimum atomic E-state index is -0.0771. The van der Waals surface area contributed by atoms with Crippen LogP contribution in [0.5, 0.6) is 0 Å². The number of anilines is 1. The van der Waals surface area contributed by atoms with Crippen molar-refractivity contribution in [1.82, 2.24) is 10.2 Å². The first kappa shape index (κ1) is 14.3. The standard InChI is InChI=1S/C14H20BrN3O/c1-9-7-11(5-6-18(9)2)17-14(19)12-4-3-10(15)8-13(12)16/h3-4,8-9,11H,5-7,16H2,1-2H3,(H,17,19). The first-order valence-corrected chi connectivity index (χ1v) is 7.33. The SMILES string of the molecule is CC1CC(NC(=O)c2ccc(Br)cc2N)CCN1C. The number of nitrogens with zero attached hydrogens (tertiary/aromatic N) is 1. The Kier molecular flexibility index (Phi) is 4.47. The highest BCUT2D eigenvalue weighted by Crippen LogP contribution is 2.20. The number of amides is 1. The minimum Gasteiger partial charge on any atom is -0.398 e. The number of piperidine rings is 1. The number of benzene rings is 1. The Bertz CT molecular complexity index is 478. The molecule has 1 aliphatic heterocycles. The van der Waals surface area contributed by atoms with Gasteiger partial charge in [-0.05, 0) is 45.0 Å². The topological polar surface area (TPSA) is 58.4 Å². The molecular formula is C14H20BrN3O. The van der Waals surface area contributed by atoms with Gasteiger partial charge in [0.2, 0.25) is 0 Å². The fourth-order valence-electron chi connectivity index (χ4n) is 2.42. The molecule has 1 fully saturated rings. The normalized spacial score (nSPS) is 24.2. The minimum absolute atomic E-state index is 0.0771. The molecule has 1 amide bonds. The summed E-state index contributed by atoms with van der Waals surface area (Å²) >= 11 is 3.34. The molecule has 2 rings (SSSR count). The molecule has 0 aromatic heterocycles. The van der Waals surface area contributed by atoms with Gasteiger partial charge in [-0.2, -0.15) is 0 Å². The molecule has 0 spiro atoms. The highest BCUT2D eigenvalue weighted by molar-refractivity contribution is 9.10. The molecule has 104 valence electrons. The van der Waals surface area contributed by atoms with E-state index in [1.54, 1.807) is 12.1 Å². The molecule has 2 unspecified atom stereocenters. The van der Waals surface area contributed by atoms with Gasteiger partial charge in [-0.15, -0.1) is 0 Å². The molecule has 0 bridgehead atoms. The molecule has 3 N–H and O–H groups in total. The number of hydrogen-bond donors (Lipinski definition) is 2. The lowest BCUT2D eigenvalue weighted by Crippen LogP contribution is -2.47. The second kappa shape index (κ2) is 5.92. The second-order valence-electron chi connectivity index (χ2n) is 5.26. The quantitative estimate of drug-likeness (QED) is 0.820. The molecular weight excluding hydrogens is 306 g/mol. The summed E-state index contributed by atoms with van der Waals surface area (Å²) in [5.41, 5.74) is 6.94. The Hall–Kier alpha value is -1.07. The highest BCUT2D eigenvalue weighted by Gasteiger charge is 2.24. The predicted molar refractivity (Wildman–Crippen MR) is 81.1 cm³/mol. The maximum Gasteiger partial charge on any atom is 0.253 e. The number of nitrogens with two attached hydrogens (primary N) is 1. The van der Waals surface area contributed by atoms with Crippen LogP contribution in [0.15, 0.2) is 22.7 Å². The first-order valence-electron chi connectivity index (χ1n) is 6.53. The summed E-state index contributed by atoms with van der Waals surface area (Å²) in [6.45, 7) is 3.20. The van der Waals surface area contributed by atoms with Gasteiger partial charge >= 0.3 is 0 Å². The third-order valence-corrected chi connectivity index (χ3v) is 4.30. The van der Waals surface area contributed by atoms with E-state index in [0.29, 0.717) is 17.3 Å². The zero-order chi connectivity index (χ0) is 14.0. The van der Waals surface area contributed by atoms with E-state index in [-0.39, 0.29) is 11.9 Å². The van der Waals surface area contributed by atoms with Crippen LogP contribution in [0.3, 0.4) is 0 Å². The van der Waals surface area contributed by atoms with Gasteiger partial charge in [0, 0.05) is 28.8 Å². The lowest BCUT2D eigenvalue weighted by molar-refractivity contribution is 0.0897. The van der Waals surface area contributed by atoms with Gasteiger partial charge in [0.15, 0.2) is 0 Å². The van der Waals surface area contributed by atoms with E-state index in [1.165, 1.54) is 0 Å². The molecule has 5 heteroatoms. The van der Waals surface area contributed by atoms with Crippen LogP contribution < -0.4 is 11.1 Å². The van der Waals surface area contributed by atoms with Gasteiger partial charge < -0.3 is 16.0 Å². The Morgan fingerprint density at radius 1 is 1.53 bits per heavy atom. The third kappa shape index (κ3) is 3.48. The van der Waals surface area contributed by atoms with E-state index in [0.717, 1.165) is 23.9 Å². The van der Waals surface area contributed by atoms with Gasteiger partial charge in [0.25, 0.3) is 5.91 Å². The summed E-state index contributed by atoms with van der Waals surface area (Å²) in [7, 11) is 2.12. The first-order chi connectivity index (χ1) is 8.97. The Labute approximate surface area is 122 Å². The van der Waals surface area contributed by atoms with Crippen LogP contribution >= 0.6 is 15.9 Å². The smallest absolute Gasteiger partial charge is 0.253 e. The van der Waals surface area contributed by atoms with E-state index in [4.69, 9.17) is 5.73 Å². The Morgan fingerprint density at radius 2 is 2.26 bits per heavy atom. The van der Waals surface area contributed by atoms with Crippen LogP contribution in [0.2, 0.25) is 0 Å². The van der Waals surface area contributed by atoms with Gasteiger partial charge in [0.05, 0.1) is 5.56 Å². The van der Waals surface area contributed by atoms with E-state index < -0.39 is 0 Å². The van der Waals surface area contributed by atoms with E-state index in [9.17, 15) is 4.79 Å². The molecule has 1 heterocycles. The lowest BCUT2D eigenvalue weighted by Gasteiger charge is -2.35. The van der Waals surface area contributed by atoms with Gasteiger partial charge in [-0.3, -0.25) is 4.79 Å². The zero-order valence-corrected chi connectivity index (χ0v) is 12.9. The van der Waals surface area contributed by atoms with Gasteiger partial charge in [0.1, 0.15) is 0 Å². The number of carbonyl (C=O) groups is 1. The molecule has 1 saturated heterocycles. The molecule has 19 heavy (non-hydrogen) atoms. The van der Waals surface area contributed by atoms with Crippen LogP contribution in [0.1, 0.15) is 30.1 Å². The molecule has 1 aliphatic rings. The maximum absolute atomic E-state index is 12.2. The molecule has 1 aromatic rings. The van der Waals surface area contributed by atoms with Crippen LogP contribution in [0, 0.1) is 0 Å². The van der Waals surface area contributed by atoms with Crippen LogP contribution in [-0.2, 0) is 0 Å². The summed E-state index contributed by atoms with van der Waals surface area (Å²) in [5, 5.41) is 3.09. The number of nitrogens with one attached hydrogen (secondary N) is 1. The fourth-order valence-corrected chi connectivity index (χ4v) is 2.80. The maximum atomic E-state index is 12.2. The van der Waals surface area contributed by atoms with Crippen molar-refractivity contribution in [1.29, 1.82) is 0 Å². The monoisotopic (exact) mass is 325 g/mol. The Morgan fingerprint density at radius 3 is 2.89 bits per heavy atom. The van der Waals surface area contributed by atoms with Gasteiger partial charge in [-0.25, -0.2) is 0 Å². The average molecular weight is 326 g/mol. The summed E-state index contributed by atoms with van der Waals surface area (Å²) in [6.07, 6.45) is 1.97. The molecule has 1 aromatic carbocycles. The molecule has 0 saturated carbocycles. The zero-order valence-electron chi connectivity index (χ0n) is 11.3. The van der Waals surface area contributed by atoms with Crippen molar-refractivity contribution in [2.24, 2.45) is 0 Å². The average Bonchev–Trinajstić information content (AvgIpc) is 2.33. The number of carbonyl (C=O) groups excluding carboxylic acids is 1. The van der Waals surface area contributed by atoms with Crippen molar-refractivity contribution in [3.8, 4) is 0 Å². The van der Waals surface area contributed by atoms with Crippen molar-refractivity contribution >= 4 is 27.5 Å².